The van der Waals surface area contributed by atoms with Crippen LogP contribution in [0.15, 0.2) is 0 Å². The number of hydrogen-bond acceptors (Lipinski definition) is 1. The highest BCUT2D eigenvalue weighted by Crippen LogP contribution is 2.69. The van der Waals surface area contributed by atoms with Gasteiger partial charge >= 0.3 is 0 Å². The van der Waals surface area contributed by atoms with E-state index in [4.69, 9.17) is 0 Å². The zero-order chi connectivity index (χ0) is 10.8. The Labute approximate surface area is 87.3 Å². The van der Waals surface area contributed by atoms with Crippen molar-refractivity contribution < 1.29 is 4.79 Å². The summed E-state index contributed by atoms with van der Waals surface area (Å²) in [5.74, 6) is 1.18. The summed E-state index contributed by atoms with van der Waals surface area (Å²) in [7, 11) is 0. The first kappa shape index (κ1) is 10.2. The molecule has 0 aromatic carbocycles. The molecule has 0 amide bonds. The molecule has 1 nitrogen and oxygen atoms in total. The first-order valence-electron chi connectivity index (χ1n) is 5.77. The molecule has 14 heavy (non-hydrogen) atoms. The summed E-state index contributed by atoms with van der Waals surface area (Å²) in [5.41, 5.74) is 0.311. The van der Waals surface area contributed by atoms with Crippen molar-refractivity contribution in [3.63, 3.8) is 0 Å². The van der Waals surface area contributed by atoms with Crippen LogP contribution in [-0.2, 0) is 4.79 Å². The average molecular weight is 194 g/mol. The highest BCUT2D eigenvalue weighted by Gasteiger charge is 2.68. The molecule has 2 unspecified atom stereocenters. The Bertz CT molecular complexity index is 282. The van der Waals surface area contributed by atoms with Crippen molar-refractivity contribution in [3.8, 4) is 0 Å². The maximum absolute atomic E-state index is 12.2. The van der Waals surface area contributed by atoms with Crippen LogP contribution >= 0.6 is 0 Å². The minimum atomic E-state index is -0.0370. The number of carbonyl (C=O) groups excluding carboxylic acids is 1. The first-order chi connectivity index (χ1) is 6.23. The Morgan fingerprint density at radius 3 is 2.07 bits per heavy atom. The maximum Gasteiger partial charge on any atom is 0.140 e. The summed E-state index contributed by atoms with van der Waals surface area (Å²) >= 11 is 0. The molecule has 2 bridgehead atoms. The van der Waals surface area contributed by atoms with Gasteiger partial charge in [-0.25, -0.2) is 0 Å². The number of rotatable bonds is 0. The van der Waals surface area contributed by atoms with Crippen molar-refractivity contribution in [3.05, 3.63) is 0 Å². The minimum absolute atomic E-state index is 0.0370. The highest BCUT2D eigenvalue weighted by molar-refractivity contribution is 5.90. The standard InChI is InChI=1S/C13H22O/c1-11(2,3)13-7-6-9(8-10(13)14)12(13,4)5/h9H,6-8H2,1-5H3. The summed E-state index contributed by atoms with van der Waals surface area (Å²) in [6, 6.07) is 0. The third-order valence-electron chi connectivity index (χ3n) is 5.18. The van der Waals surface area contributed by atoms with Crippen molar-refractivity contribution in [1.29, 1.82) is 0 Å². The van der Waals surface area contributed by atoms with Gasteiger partial charge < -0.3 is 0 Å². The first-order valence-corrected chi connectivity index (χ1v) is 5.77. The summed E-state index contributed by atoms with van der Waals surface area (Å²) in [5, 5.41) is 0. The maximum atomic E-state index is 12.2. The van der Waals surface area contributed by atoms with E-state index in [-0.39, 0.29) is 16.2 Å². The van der Waals surface area contributed by atoms with Gasteiger partial charge in [0.05, 0.1) is 0 Å². The molecule has 0 N–H and O–H groups in total. The number of carbonyl (C=O) groups is 1. The van der Waals surface area contributed by atoms with E-state index in [1.807, 2.05) is 0 Å². The van der Waals surface area contributed by atoms with Crippen molar-refractivity contribution in [2.75, 3.05) is 0 Å². The molecule has 2 fully saturated rings. The molecule has 2 aliphatic carbocycles. The van der Waals surface area contributed by atoms with E-state index in [1.165, 1.54) is 6.42 Å². The molecule has 2 aliphatic rings. The average Bonchev–Trinajstić information content (AvgIpc) is 2.34. The lowest BCUT2D eigenvalue weighted by Crippen LogP contribution is -2.46. The lowest BCUT2D eigenvalue weighted by molar-refractivity contribution is -0.137. The van der Waals surface area contributed by atoms with Crippen LogP contribution in [0.3, 0.4) is 0 Å². The number of fused-ring (bicyclic) bond motifs is 2. The van der Waals surface area contributed by atoms with Gasteiger partial charge in [-0.1, -0.05) is 34.6 Å². The molecule has 0 heterocycles. The normalized spacial score (nSPS) is 40.6. The SMILES string of the molecule is CC(C)(C)C12CCC(CC1=O)C2(C)C. The molecular weight excluding hydrogens is 172 g/mol. The predicted molar refractivity (Wildman–Crippen MR) is 58.0 cm³/mol. The van der Waals surface area contributed by atoms with Crippen LogP contribution in [0.2, 0.25) is 0 Å². The molecule has 0 spiro atoms. The second-order valence-corrected chi connectivity index (χ2v) is 6.74. The third-order valence-corrected chi connectivity index (χ3v) is 5.18. The fourth-order valence-electron chi connectivity index (χ4n) is 4.44. The molecule has 0 radical (unpaired) electrons. The topological polar surface area (TPSA) is 17.1 Å². The zero-order valence-electron chi connectivity index (χ0n) is 10.1. The zero-order valence-corrected chi connectivity index (χ0v) is 10.1. The van der Waals surface area contributed by atoms with Crippen LogP contribution in [0, 0.1) is 22.2 Å². The fourth-order valence-corrected chi connectivity index (χ4v) is 4.44. The third kappa shape index (κ3) is 0.844. The molecule has 0 aromatic rings. The summed E-state index contributed by atoms with van der Waals surface area (Å²) in [4.78, 5) is 12.2. The molecule has 2 rings (SSSR count). The predicted octanol–water partition coefficient (Wildman–Crippen LogP) is 3.43. The van der Waals surface area contributed by atoms with E-state index in [2.05, 4.69) is 34.6 Å². The molecule has 1 heteroatoms. The van der Waals surface area contributed by atoms with E-state index < -0.39 is 0 Å². The molecule has 0 aromatic heterocycles. The van der Waals surface area contributed by atoms with Gasteiger partial charge in [-0.2, -0.15) is 0 Å². The second kappa shape index (κ2) is 2.43. The van der Waals surface area contributed by atoms with Crippen LogP contribution < -0.4 is 0 Å². The Morgan fingerprint density at radius 1 is 1.29 bits per heavy atom. The van der Waals surface area contributed by atoms with E-state index in [0.717, 1.165) is 12.8 Å². The summed E-state index contributed by atoms with van der Waals surface area (Å²) < 4.78 is 0. The Balaban J connectivity index is 2.56. The van der Waals surface area contributed by atoms with E-state index >= 15 is 0 Å². The molecule has 80 valence electrons. The lowest BCUT2D eigenvalue weighted by Gasteiger charge is -2.47. The Kier molecular flexibility index (Phi) is 1.77. The van der Waals surface area contributed by atoms with Crippen LogP contribution in [0.1, 0.15) is 53.9 Å². The number of Topliss-reactive ketones (excluding diaryl/α,β-unsaturated/α-hetero) is 1. The van der Waals surface area contributed by atoms with Crippen LogP contribution in [0.4, 0.5) is 0 Å². The van der Waals surface area contributed by atoms with Gasteiger partial charge in [-0.05, 0) is 29.6 Å². The van der Waals surface area contributed by atoms with Crippen molar-refractivity contribution >= 4 is 5.78 Å². The van der Waals surface area contributed by atoms with Gasteiger partial charge in [0.1, 0.15) is 5.78 Å². The van der Waals surface area contributed by atoms with Crippen LogP contribution in [0.5, 0.6) is 0 Å². The van der Waals surface area contributed by atoms with Gasteiger partial charge in [0.25, 0.3) is 0 Å². The molecule has 0 aliphatic heterocycles. The smallest absolute Gasteiger partial charge is 0.140 e. The van der Waals surface area contributed by atoms with Crippen molar-refractivity contribution in [1.82, 2.24) is 0 Å². The number of ketones is 1. The van der Waals surface area contributed by atoms with Gasteiger partial charge in [0.15, 0.2) is 0 Å². The van der Waals surface area contributed by atoms with E-state index in [9.17, 15) is 4.79 Å². The van der Waals surface area contributed by atoms with Gasteiger partial charge in [-0.3, -0.25) is 4.79 Å². The highest BCUT2D eigenvalue weighted by atomic mass is 16.1. The summed E-state index contributed by atoms with van der Waals surface area (Å²) in [6.07, 6.45) is 3.22. The van der Waals surface area contributed by atoms with Gasteiger partial charge in [-0.15, -0.1) is 0 Å². The van der Waals surface area contributed by atoms with Crippen molar-refractivity contribution in [2.45, 2.75) is 53.9 Å². The molecule has 2 saturated carbocycles. The van der Waals surface area contributed by atoms with Crippen LogP contribution in [0.25, 0.3) is 0 Å². The minimum Gasteiger partial charge on any atom is -0.299 e. The molecule has 0 saturated heterocycles. The van der Waals surface area contributed by atoms with E-state index in [1.54, 1.807) is 0 Å². The number of hydrogen-bond donors (Lipinski definition) is 0. The monoisotopic (exact) mass is 194 g/mol. The van der Waals surface area contributed by atoms with Gasteiger partial charge in [0, 0.05) is 11.8 Å². The lowest BCUT2D eigenvalue weighted by atomic mass is 9.55. The van der Waals surface area contributed by atoms with Gasteiger partial charge in [0.2, 0.25) is 0 Å². The summed E-state index contributed by atoms with van der Waals surface area (Å²) in [6.45, 7) is 11.3. The fraction of sp³-hybridized carbons (Fsp3) is 0.923. The quantitative estimate of drug-likeness (QED) is 0.577. The Hall–Kier alpha value is -0.330. The molecule has 2 atom stereocenters. The molecular formula is C13H22O. The Morgan fingerprint density at radius 2 is 1.86 bits per heavy atom. The van der Waals surface area contributed by atoms with E-state index in [0.29, 0.717) is 11.7 Å². The van der Waals surface area contributed by atoms with Crippen molar-refractivity contribution in [2.24, 2.45) is 22.2 Å². The van der Waals surface area contributed by atoms with Crippen LogP contribution in [-0.4, -0.2) is 5.78 Å². The second-order valence-electron chi connectivity index (χ2n) is 6.74. The largest absolute Gasteiger partial charge is 0.299 e.